The fraction of sp³-hybridized carbons (Fsp3) is 0.700. The highest BCUT2D eigenvalue weighted by Gasteiger charge is 2.17. The Labute approximate surface area is 68.5 Å². The van der Waals surface area contributed by atoms with Gasteiger partial charge in [-0.2, -0.15) is 0 Å². The first kappa shape index (κ1) is 8.51. The molecule has 0 radical (unpaired) electrons. The Morgan fingerprint density at radius 1 is 1.27 bits per heavy atom. The fourth-order valence-corrected chi connectivity index (χ4v) is 1.72. The molecule has 0 heterocycles. The predicted molar refractivity (Wildman–Crippen MR) is 46.4 cm³/mol. The van der Waals surface area contributed by atoms with E-state index in [4.69, 9.17) is 0 Å². The summed E-state index contributed by atoms with van der Waals surface area (Å²) in [6, 6.07) is 0. The summed E-state index contributed by atoms with van der Waals surface area (Å²) in [5, 5.41) is 0. The van der Waals surface area contributed by atoms with E-state index in [1.807, 2.05) is 6.92 Å². The van der Waals surface area contributed by atoms with Gasteiger partial charge < -0.3 is 0 Å². The highest BCUT2D eigenvalue weighted by atomic mass is 16.1. The van der Waals surface area contributed by atoms with Crippen LogP contribution in [0.5, 0.6) is 0 Å². The lowest BCUT2D eigenvalue weighted by molar-refractivity contribution is -0.116. The van der Waals surface area contributed by atoms with Crippen molar-refractivity contribution in [2.75, 3.05) is 0 Å². The molecule has 0 amide bonds. The Kier molecular flexibility index (Phi) is 2.48. The Balaban J connectivity index is 2.89. The number of allylic oxidation sites excluding steroid dienone is 2. The maximum atomic E-state index is 11.3. The van der Waals surface area contributed by atoms with Gasteiger partial charge in [-0.05, 0) is 31.3 Å². The Morgan fingerprint density at radius 2 is 1.91 bits per heavy atom. The van der Waals surface area contributed by atoms with Gasteiger partial charge in [-0.1, -0.05) is 19.4 Å². The molecule has 0 aliphatic heterocycles. The van der Waals surface area contributed by atoms with Crippen molar-refractivity contribution in [1.82, 2.24) is 0 Å². The van der Waals surface area contributed by atoms with Crippen LogP contribution in [-0.4, -0.2) is 5.78 Å². The molecular weight excluding hydrogens is 136 g/mol. The first-order chi connectivity index (χ1) is 5.13. The van der Waals surface area contributed by atoms with E-state index in [0.717, 1.165) is 24.8 Å². The summed E-state index contributed by atoms with van der Waals surface area (Å²) in [5.41, 5.74) is 2.41. The molecule has 0 saturated carbocycles. The van der Waals surface area contributed by atoms with Crippen LogP contribution in [0.1, 0.15) is 40.0 Å². The van der Waals surface area contributed by atoms with Crippen molar-refractivity contribution in [2.45, 2.75) is 40.0 Å². The number of Topliss-reactive ketones (excluding diaryl/α,β-unsaturated/α-hetero) is 1. The van der Waals surface area contributed by atoms with Gasteiger partial charge in [0.1, 0.15) is 0 Å². The van der Waals surface area contributed by atoms with E-state index < -0.39 is 0 Å². The highest BCUT2D eigenvalue weighted by Crippen LogP contribution is 2.26. The van der Waals surface area contributed by atoms with Crippen LogP contribution in [0.4, 0.5) is 0 Å². The van der Waals surface area contributed by atoms with Gasteiger partial charge in [-0.15, -0.1) is 0 Å². The lowest BCUT2D eigenvalue weighted by atomic mass is 9.85. The monoisotopic (exact) mass is 152 g/mol. The van der Waals surface area contributed by atoms with Gasteiger partial charge >= 0.3 is 0 Å². The maximum absolute atomic E-state index is 11.3. The number of rotatable bonds is 1. The summed E-state index contributed by atoms with van der Waals surface area (Å²) in [4.78, 5) is 11.3. The number of hydrogen-bond donors (Lipinski definition) is 0. The van der Waals surface area contributed by atoms with E-state index >= 15 is 0 Å². The first-order valence-electron chi connectivity index (χ1n) is 4.35. The highest BCUT2D eigenvalue weighted by molar-refractivity contribution is 5.96. The zero-order valence-corrected chi connectivity index (χ0v) is 7.61. The Morgan fingerprint density at radius 3 is 2.36 bits per heavy atom. The molecule has 0 fully saturated rings. The Bertz CT molecular complexity index is 199. The lowest BCUT2D eigenvalue weighted by Crippen LogP contribution is -2.12. The van der Waals surface area contributed by atoms with Crippen LogP contribution in [-0.2, 0) is 4.79 Å². The maximum Gasteiger partial charge on any atom is 0.158 e. The van der Waals surface area contributed by atoms with Crippen LogP contribution in [0, 0.1) is 5.92 Å². The van der Waals surface area contributed by atoms with Crippen molar-refractivity contribution in [2.24, 2.45) is 5.92 Å². The molecule has 0 unspecified atom stereocenters. The molecular formula is C10H16O. The second-order valence-electron chi connectivity index (χ2n) is 3.58. The third-order valence-corrected chi connectivity index (χ3v) is 2.45. The normalized spacial score (nSPS) is 19.8. The molecule has 62 valence electrons. The number of carbonyl (C=O) groups excluding carboxylic acids is 1. The van der Waals surface area contributed by atoms with Crippen molar-refractivity contribution in [1.29, 1.82) is 0 Å². The largest absolute Gasteiger partial charge is 0.295 e. The third kappa shape index (κ3) is 1.70. The van der Waals surface area contributed by atoms with E-state index in [1.165, 1.54) is 5.57 Å². The summed E-state index contributed by atoms with van der Waals surface area (Å²) < 4.78 is 0. The SMILES string of the molecule is CC1=C(C(C)C)CCCC1=O. The molecule has 1 heteroatoms. The number of carbonyl (C=O) groups is 1. The van der Waals surface area contributed by atoms with Crippen molar-refractivity contribution < 1.29 is 4.79 Å². The number of hydrogen-bond acceptors (Lipinski definition) is 1. The quantitative estimate of drug-likeness (QED) is 0.564. The zero-order valence-electron chi connectivity index (χ0n) is 7.61. The topological polar surface area (TPSA) is 17.1 Å². The van der Waals surface area contributed by atoms with Crippen LogP contribution >= 0.6 is 0 Å². The van der Waals surface area contributed by atoms with Crippen LogP contribution < -0.4 is 0 Å². The summed E-state index contributed by atoms with van der Waals surface area (Å²) in [5.74, 6) is 0.916. The van der Waals surface area contributed by atoms with E-state index in [2.05, 4.69) is 13.8 Å². The van der Waals surface area contributed by atoms with E-state index in [1.54, 1.807) is 0 Å². The van der Waals surface area contributed by atoms with Gasteiger partial charge in [0.05, 0.1) is 0 Å². The molecule has 0 N–H and O–H groups in total. The van der Waals surface area contributed by atoms with Crippen LogP contribution in [0.2, 0.25) is 0 Å². The van der Waals surface area contributed by atoms with Gasteiger partial charge in [0, 0.05) is 6.42 Å². The molecule has 1 nitrogen and oxygen atoms in total. The van der Waals surface area contributed by atoms with Crippen LogP contribution in [0.3, 0.4) is 0 Å². The molecule has 11 heavy (non-hydrogen) atoms. The zero-order chi connectivity index (χ0) is 8.43. The smallest absolute Gasteiger partial charge is 0.158 e. The second kappa shape index (κ2) is 3.21. The molecule has 0 aromatic rings. The van der Waals surface area contributed by atoms with E-state index in [0.29, 0.717) is 11.7 Å². The average molecular weight is 152 g/mol. The predicted octanol–water partition coefficient (Wildman–Crippen LogP) is 2.71. The van der Waals surface area contributed by atoms with Crippen molar-refractivity contribution in [3.05, 3.63) is 11.1 Å². The first-order valence-corrected chi connectivity index (χ1v) is 4.35. The molecule has 1 aliphatic rings. The van der Waals surface area contributed by atoms with Gasteiger partial charge in [0.25, 0.3) is 0 Å². The van der Waals surface area contributed by atoms with Crippen LogP contribution in [0.15, 0.2) is 11.1 Å². The summed E-state index contributed by atoms with van der Waals surface area (Å²) in [7, 11) is 0. The molecule has 1 rings (SSSR count). The molecule has 1 aliphatic carbocycles. The standard InChI is InChI=1S/C10H16O/c1-7(2)9-5-4-6-10(11)8(9)3/h7H,4-6H2,1-3H3. The summed E-state index contributed by atoms with van der Waals surface area (Å²) in [6.07, 6.45) is 2.96. The summed E-state index contributed by atoms with van der Waals surface area (Å²) >= 11 is 0. The van der Waals surface area contributed by atoms with Gasteiger partial charge in [-0.25, -0.2) is 0 Å². The average Bonchev–Trinajstić information content (AvgIpc) is 1.94. The minimum absolute atomic E-state index is 0.361. The molecule has 0 atom stereocenters. The van der Waals surface area contributed by atoms with Gasteiger partial charge in [0.15, 0.2) is 5.78 Å². The molecule has 0 aromatic carbocycles. The second-order valence-corrected chi connectivity index (χ2v) is 3.58. The Hall–Kier alpha value is -0.590. The molecule has 0 aromatic heterocycles. The molecule has 0 spiro atoms. The molecule has 0 saturated heterocycles. The third-order valence-electron chi connectivity index (χ3n) is 2.45. The van der Waals surface area contributed by atoms with Gasteiger partial charge in [0.2, 0.25) is 0 Å². The van der Waals surface area contributed by atoms with E-state index in [-0.39, 0.29) is 0 Å². The van der Waals surface area contributed by atoms with Crippen molar-refractivity contribution in [3.63, 3.8) is 0 Å². The van der Waals surface area contributed by atoms with Gasteiger partial charge in [-0.3, -0.25) is 4.79 Å². The van der Waals surface area contributed by atoms with Crippen molar-refractivity contribution in [3.8, 4) is 0 Å². The minimum atomic E-state index is 0.361. The van der Waals surface area contributed by atoms with Crippen molar-refractivity contribution >= 4 is 5.78 Å². The minimum Gasteiger partial charge on any atom is -0.295 e. The summed E-state index contributed by atoms with van der Waals surface area (Å²) in [6.45, 7) is 6.30. The van der Waals surface area contributed by atoms with Crippen LogP contribution in [0.25, 0.3) is 0 Å². The molecule has 0 bridgehead atoms. The lowest BCUT2D eigenvalue weighted by Gasteiger charge is -2.19. The number of ketones is 1. The van der Waals surface area contributed by atoms with E-state index in [9.17, 15) is 4.79 Å². The fourth-order valence-electron chi connectivity index (χ4n) is 1.72.